The lowest BCUT2D eigenvalue weighted by atomic mass is 10.1. The Morgan fingerprint density at radius 1 is 0.812 bits per heavy atom. The van der Waals surface area contributed by atoms with Gasteiger partial charge in [-0.1, -0.05) is 0 Å². The van der Waals surface area contributed by atoms with Crippen LogP contribution in [0.1, 0.15) is 39.0 Å². The number of piperidine rings is 1. The normalized spacial score (nSPS) is 18.3. The molecule has 0 aliphatic carbocycles. The number of nitrogens with one attached hydrogen (secondary N) is 2. The molecule has 1 atom stereocenters. The number of nitrogens with zero attached hydrogens (tertiary/aromatic N) is 2. The number of carbonyl (C=O) groups excluding carboxylic acids is 1. The summed E-state index contributed by atoms with van der Waals surface area (Å²) in [4.78, 5) is 15.3. The van der Waals surface area contributed by atoms with Gasteiger partial charge < -0.3 is 15.5 Å². The summed E-state index contributed by atoms with van der Waals surface area (Å²) in [7, 11) is -3.45. The lowest BCUT2D eigenvalue weighted by molar-refractivity contribution is -0.116. The fourth-order valence-electron chi connectivity index (χ4n) is 4.27. The number of amides is 1. The first-order valence-corrected chi connectivity index (χ1v) is 12.9. The fourth-order valence-corrected chi connectivity index (χ4v) is 5.79. The summed E-state index contributed by atoms with van der Waals surface area (Å²) in [6, 6.07) is 14.2. The zero-order valence-corrected chi connectivity index (χ0v) is 19.4. The molecule has 7 nitrogen and oxygen atoms in total. The molecule has 2 aromatic rings. The van der Waals surface area contributed by atoms with Crippen LogP contribution in [-0.4, -0.2) is 50.9 Å². The molecule has 8 heteroatoms. The summed E-state index contributed by atoms with van der Waals surface area (Å²) in [5.74, 6) is -0.180. The van der Waals surface area contributed by atoms with Crippen molar-refractivity contribution in [2.45, 2.75) is 50.0 Å². The largest absolute Gasteiger partial charge is 0.374 e. The highest BCUT2D eigenvalue weighted by atomic mass is 32.2. The van der Waals surface area contributed by atoms with E-state index in [1.165, 1.54) is 29.3 Å². The molecule has 32 heavy (non-hydrogen) atoms. The van der Waals surface area contributed by atoms with E-state index in [0.29, 0.717) is 18.8 Å². The van der Waals surface area contributed by atoms with E-state index < -0.39 is 16.1 Å². The molecule has 172 valence electrons. The number of carbonyl (C=O) groups is 1. The van der Waals surface area contributed by atoms with Gasteiger partial charge in [0.2, 0.25) is 15.9 Å². The molecule has 0 saturated carbocycles. The minimum Gasteiger partial charge on any atom is -0.374 e. The highest BCUT2D eigenvalue weighted by Gasteiger charge is 2.27. The van der Waals surface area contributed by atoms with E-state index in [2.05, 4.69) is 27.7 Å². The first-order chi connectivity index (χ1) is 15.4. The fraction of sp³-hybridized carbons (Fsp3) is 0.458. The van der Waals surface area contributed by atoms with Gasteiger partial charge in [-0.05, 0) is 87.6 Å². The van der Waals surface area contributed by atoms with Crippen LogP contribution in [0, 0.1) is 0 Å². The third kappa shape index (κ3) is 5.24. The van der Waals surface area contributed by atoms with Gasteiger partial charge in [0.15, 0.2) is 0 Å². The molecule has 2 aliphatic heterocycles. The average Bonchev–Trinajstić information content (AvgIpc) is 3.36. The Bertz CT molecular complexity index is 1010. The van der Waals surface area contributed by atoms with Crippen molar-refractivity contribution in [2.75, 3.05) is 41.7 Å². The summed E-state index contributed by atoms with van der Waals surface area (Å²) >= 11 is 0. The zero-order valence-electron chi connectivity index (χ0n) is 18.6. The van der Waals surface area contributed by atoms with Crippen LogP contribution < -0.4 is 15.5 Å². The van der Waals surface area contributed by atoms with Crippen molar-refractivity contribution in [1.29, 1.82) is 0 Å². The Kier molecular flexibility index (Phi) is 7.01. The van der Waals surface area contributed by atoms with Crippen LogP contribution in [0.3, 0.4) is 0 Å². The number of hydrogen-bond donors (Lipinski definition) is 2. The van der Waals surface area contributed by atoms with Crippen molar-refractivity contribution in [2.24, 2.45) is 0 Å². The minimum atomic E-state index is -3.45. The first-order valence-electron chi connectivity index (χ1n) is 11.5. The predicted octanol–water partition coefficient (Wildman–Crippen LogP) is 3.90. The van der Waals surface area contributed by atoms with Crippen molar-refractivity contribution in [3.63, 3.8) is 0 Å². The molecule has 0 bridgehead atoms. The molecule has 2 N–H and O–H groups in total. The van der Waals surface area contributed by atoms with Crippen LogP contribution in [0.2, 0.25) is 0 Å². The maximum Gasteiger partial charge on any atom is 0.246 e. The monoisotopic (exact) mass is 456 g/mol. The molecule has 2 saturated heterocycles. The highest BCUT2D eigenvalue weighted by Crippen LogP contribution is 2.24. The molecular weight excluding hydrogens is 424 g/mol. The smallest absolute Gasteiger partial charge is 0.246 e. The molecule has 2 aliphatic rings. The molecule has 1 amide bonds. The van der Waals surface area contributed by atoms with Gasteiger partial charge in [0.1, 0.15) is 6.04 Å². The van der Waals surface area contributed by atoms with Gasteiger partial charge in [-0.25, -0.2) is 8.42 Å². The minimum absolute atomic E-state index is 0.180. The Balaban J connectivity index is 1.32. The third-order valence-electron chi connectivity index (χ3n) is 6.19. The molecule has 2 aromatic carbocycles. The van der Waals surface area contributed by atoms with Crippen LogP contribution in [0.4, 0.5) is 17.1 Å². The van der Waals surface area contributed by atoms with Crippen molar-refractivity contribution < 1.29 is 13.2 Å². The summed E-state index contributed by atoms with van der Waals surface area (Å²) in [6.07, 6.45) is 5.59. The first kappa shape index (κ1) is 22.6. The maximum atomic E-state index is 12.6. The maximum absolute atomic E-state index is 12.6. The van der Waals surface area contributed by atoms with E-state index in [1.807, 2.05) is 12.1 Å². The van der Waals surface area contributed by atoms with Gasteiger partial charge >= 0.3 is 0 Å². The molecule has 4 rings (SSSR count). The zero-order chi connectivity index (χ0) is 22.6. The van der Waals surface area contributed by atoms with E-state index in [1.54, 1.807) is 31.2 Å². The Morgan fingerprint density at radius 3 is 2.00 bits per heavy atom. The molecule has 0 radical (unpaired) electrons. The third-order valence-corrected chi connectivity index (χ3v) is 8.10. The quantitative estimate of drug-likeness (QED) is 0.660. The van der Waals surface area contributed by atoms with Gasteiger partial charge in [-0.3, -0.25) is 4.79 Å². The average molecular weight is 457 g/mol. The van der Waals surface area contributed by atoms with Gasteiger partial charge in [0.25, 0.3) is 0 Å². The van der Waals surface area contributed by atoms with Gasteiger partial charge in [-0.2, -0.15) is 4.31 Å². The summed E-state index contributed by atoms with van der Waals surface area (Å²) in [5, 5.41) is 6.09. The lowest BCUT2D eigenvalue weighted by Gasteiger charge is -2.29. The molecule has 0 spiro atoms. The van der Waals surface area contributed by atoms with Gasteiger partial charge in [0.05, 0.1) is 4.90 Å². The highest BCUT2D eigenvalue weighted by molar-refractivity contribution is 7.89. The van der Waals surface area contributed by atoms with Gasteiger partial charge in [0, 0.05) is 43.2 Å². The molecule has 0 aromatic heterocycles. The Labute approximate surface area is 190 Å². The molecule has 2 fully saturated rings. The van der Waals surface area contributed by atoms with E-state index in [4.69, 9.17) is 0 Å². The predicted molar refractivity (Wildman–Crippen MR) is 129 cm³/mol. The second-order valence-corrected chi connectivity index (χ2v) is 10.5. The van der Waals surface area contributed by atoms with Crippen molar-refractivity contribution in [3.05, 3.63) is 48.5 Å². The number of benzene rings is 2. The number of hydrogen-bond acceptors (Lipinski definition) is 5. The van der Waals surface area contributed by atoms with Crippen LogP contribution in [0.15, 0.2) is 53.4 Å². The molecular formula is C24H32N4O3S. The van der Waals surface area contributed by atoms with Crippen molar-refractivity contribution in [1.82, 2.24) is 4.31 Å². The van der Waals surface area contributed by atoms with Gasteiger partial charge in [-0.15, -0.1) is 0 Å². The second-order valence-electron chi connectivity index (χ2n) is 8.59. The van der Waals surface area contributed by atoms with Crippen molar-refractivity contribution >= 4 is 33.0 Å². The molecule has 2 heterocycles. The number of rotatable bonds is 7. The Hall–Kier alpha value is -2.58. The topological polar surface area (TPSA) is 81.8 Å². The SMILES string of the molecule is C[C@@H](Nc1ccc(N2CCCCC2)cc1)C(=O)Nc1ccc(S(=O)(=O)N2CCCC2)cc1. The van der Waals surface area contributed by atoms with E-state index >= 15 is 0 Å². The van der Waals surface area contributed by atoms with E-state index in [0.717, 1.165) is 31.6 Å². The lowest BCUT2D eigenvalue weighted by Crippen LogP contribution is -2.32. The van der Waals surface area contributed by atoms with Crippen LogP contribution >= 0.6 is 0 Å². The van der Waals surface area contributed by atoms with Crippen LogP contribution in [0.25, 0.3) is 0 Å². The standard InChI is InChI=1S/C24H32N4O3S/c1-19(25-20-7-11-22(12-8-20)27-15-3-2-4-16-27)24(29)26-21-9-13-23(14-10-21)32(30,31)28-17-5-6-18-28/h7-14,19,25H,2-6,15-18H2,1H3,(H,26,29)/t19-/m1/s1. The second kappa shape index (κ2) is 9.92. The Morgan fingerprint density at radius 2 is 1.38 bits per heavy atom. The van der Waals surface area contributed by atoms with Crippen LogP contribution in [-0.2, 0) is 14.8 Å². The summed E-state index contributed by atoms with van der Waals surface area (Å²) in [5.41, 5.74) is 2.68. The summed E-state index contributed by atoms with van der Waals surface area (Å²) in [6.45, 7) is 5.15. The van der Waals surface area contributed by atoms with E-state index in [9.17, 15) is 13.2 Å². The number of sulfonamides is 1. The van der Waals surface area contributed by atoms with E-state index in [-0.39, 0.29) is 10.8 Å². The number of anilines is 3. The summed E-state index contributed by atoms with van der Waals surface area (Å²) < 4.78 is 26.8. The van der Waals surface area contributed by atoms with Crippen LogP contribution in [0.5, 0.6) is 0 Å². The van der Waals surface area contributed by atoms with Crippen molar-refractivity contribution in [3.8, 4) is 0 Å². The molecule has 0 unspecified atom stereocenters.